The highest BCUT2D eigenvalue weighted by atomic mass is 16.2. The molecule has 23 heavy (non-hydrogen) atoms. The third-order valence-corrected chi connectivity index (χ3v) is 3.47. The van der Waals surface area contributed by atoms with Crippen LogP contribution in [0, 0.1) is 5.92 Å². The Balaban J connectivity index is 1.73. The van der Waals surface area contributed by atoms with Crippen molar-refractivity contribution in [3.05, 3.63) is 35.4 Å². The SMILES string of the molecule is CC(C)Cc1ccc(CC(=O)NNC(=O)C(=O)NC2CC2)cc1. The van der Waals surface area contributed by atoms with Crippen LogP contribution in [0.3, 0.4) is 0 Å². The van der Waals surface area contributed by atoms with Crippen molar-refractivity contribution in [1.29, 1.82) is 0 Å². The number of hydrogen-bond donors (Lipinski definition) is 3. The van der Waals surface area contributed by atoms with Crippen LogP contribution in [0.15, 0.2) is 24.3 Å². The van der Waals surface area contributed by atoms with Gasteiger partial charge in [0.1, 0.15) is 0 Å². The molecule has 2 rings (SSSR count). The molecule has 0 aromatic heterocycles. The Morgan fingerprint density at radius 3 is 2.17 bits per heavy atom. The van der Waals surface area contributed by atoms with Crippen molar-refractivity contribution in [2.24, 2.45) is 5.92 Å². The number of carbonyl (C=O) groups is 3. The molecule has 1 aromatic rings. The number of hydrazine groups is 1. The number of hydrogen-bond acceptors (Lipinski definition) is 3. The molecule has 0 aliphatic heterocycles. The zero-order valence-corrected chi connectivity index (χ0v) is 13.5. The summed E-state index contributed by atoms with van der Waals surface area (Å²) in [6, 6.07) is 7.92. The largest absolute Gasteiger partial charge is 0.345 e. The maximum Gasteiger partial charge on any atom is 0.327 e. The Morgan fingerprint density at radius 2 is 1.61 bits per heavy atom. The van der Waals surface area contributed by atoms with Crippen molar-refractivity contribution in [2.75, 3.05) is 0 Å². The van der Waals surface area contributed by atoms with E-state index >= 15 is 0 Å². The van der Waals surface area contributed by atoms with Gasteiger partial charge in [0.05, 0.1) is 6.42 Å². The lowest BCUT2D eigenvalue weighted by Gasteiger charge is -2.08. The van der Waals surface area contributed by atoms with Crippen LogP contribution in [0.5, 0.6) is 0 Å². The number of amides is 3. The molecule has 0 unspecified atom stereocenters. The van der Waals surface area contributed by atoms with Crippen LogP contribution in [0.25, 0.3) is 0 Å². The molecule has 1 aromatic carbocycles. The molecule has 1 aliphatic rings. The second-order valence-electron chi connectivity index (χ2n) is 6.34. The molecule has 0 heterocycles. The van der Waals surface area contributed by atoms with Gasteiger partial charge in [-0.05, 0) is 36.3 Å². The molecule has 3 N–H and O–H groups in total. The second-order valence-corrected chi connectivity index (χ2v) is 6.34. The van der Waals surface area contributed by atoms with Gasteiger partial charge in [0.2, 0.25) is 5.91 Å². The maximum atomic E-state index is 11.8. The van der Waals surface area contributed by atoms with Crippen molar-refractivity contribution in [3.63, 3.8) is 0 Å². The fourth-order valence-corrected chi connectivity index (χ4v) is 2.16. The predicted molar refractivity (Wildman–Crippen MR) is 86.1 cm³/mol. The van der Waals surface area contributed by atoms with E-state index in [1.807, 2.05) is 24.3 Å². The quantitative estimate of drug-likeness (QED) is 0.556. The molecule has 0 spiro atoms. The van der Waals surface area contributed by atoms with E-state index in [-0.39, 0.29) is 18.4 Å². The van der Waals surface area contributed by atoms with Crippen molar-refractivity contribution in [3.8, 4) is 0 Å². The van der Waals surface area contributed by atoms with Crippen LogP contribution in [0.2, 0.25) is 0 Å². The van der Waals surface area contributed by atoms with Gasteiger partial charge in [0, 0.05) is 6.04 Å². The van der Waals surface area contributed by atoms with Crippen molar-refractivity contribution < 1.29 is 14.4 Å². The zero-order valence-electron chi connectivity index (χ0n) is 13.5. The van der Waals surface area contributed by atoms with Crippen LogP contribution in [-0.4, -0.2) is 23.8 Å². The normalized spacial score (nSPS) is 13.5. The molecule has 6 heteroatoms. The Bertz CT molecular complexity index is 577. The summed E-state index contributed by atoms with van der Waals surface area (Å²) in [7, 11) is 0. The molecule has 0 radical (unpaired) electrons. The number of rotatable bonds is 5. The van der Waals surface area contributed by atoms with Crippen LogP contribution in [0.4, 0.5) is 0 Å². The van der Waals surface area contributed by atoms with Gasteiger partial charge in [-0.1, -0.05) is 38.1 Å². The molecule has 3 amide bonds. The fraction of sp³-hybridized carbons (Fsp3) is 0.471. The lowest BCUT2D eigenvalue weighted by atomic mass is 10.0. The van der Waals surface area contributed by atoms with E-state index in [4.69, 9.17) is 0 Å². The molecule has 1 aliphatic carbocycles. The molecule has 0 bridgehead atoms. The monoisotopic (exact) mass is 317 g/mol. The van der Waals surface area contributed by atoms with E-state index in [9.17, 15) is 14.4 Å². The topological polar surface area (TPSA) is 87.3 Å². The highest BCUT2D eigenvalue weighted by molar-refractivity contribution is 6.35. The first kappa shape index (κ1) is 17.0. The third-order valence-electron chi connectivity index (χ3n) is 3.47. The van der Waals surface area contributed by atoms with Crippen LogP contribution in [-0.2, 0) is 27.2 Å². The molecule has 124 valence electrons. The summed E-state index contributed by atoms with van der Waals surface area (Å²) < 4.78 is 0. The summed E-state index contributed by atoms with van der Waals surface area (Å²) in [6.45, 7) is 4.31. The average molecular weight is 317 g/mol. The van der Waals surface area contributed by atoms with Gasteiger partial charge in [-0.15, -0.1) is 0 Å². The lowest BCUT2D eigenvalue weighted by molar-refractivity contribution is -0.140. The summed E-state index contributed by atoms with van der Waals surface area (Å²) >= 11 is 0. The summed E-state index contributed by atoms with van der Waals surface area (Å²) in [5.74, 6) is -1.35. The molecular formula is C17H23N3O3. The van der Waals surface area contributed by atoms with Gasteiger partial charge in [0.15, 0.2) is 0 Å². The van der Waals surface area contributed by atoms with E-state index in [0.29, 0.717) is 5.92 Å². The minimum absolute atomic E-state index is 0.105. The maximum absolute atomic E-state index is 11.8. The van der Waals surface area contributed by atoms with Crippen molar-refractivity contribution in [2.45, 2.75) is 45.6 Å². The van der Waals surface area contributed by atoms with Crippen LogP contribution < -0.4 is 16.2 Å². The van der Waals surface area contributed by atoms with Gasteiger partial charge in [-0.25, -0.2) is 0 Å². The minimum Gasteiger partial charge on any atom is -0.345 e. The van der Waals surface area contributed by atoms with E-state index in [1.165, 1.54) is 5.56 Å². The summed E-state index contributed by atoms with van der Waals surface area (Å²) in [4.78, 5) is 34.7. The molecule has 0 saturated heterocycles. The third kappa shape index (κ3) is 6.10. The highest BCUT2D eigenvalue weighted by Gasteiger charge is 2.26. The van der Waals surface area contributed by atoms with E-state index < -0.39 is 11.8 Å². The van der Waals surface area contributed by atoms with E-state index in [1.54, 1.807) is 0 Å². The van der Waals surface area contributed by atoms with E-state index in [0.717, 1.165) is 24.8 Å². The van der Waals surface area contributed by atoms with Gasteiger partial charge < -0.3 is 5.32 Å². The number of benzene rings is 1. The zero-order chi connectivity index (χ0) is 16.8. The minimum atomic E-state index is -0.850. The van der Waals surface area contributed by atoms with Crippen LogP contribution >= 0.6 is 0 Å². The van der Waals surface area contributed by atoms with Crippen LogP contribution in [0.1, 0.15) is 37.8 Å². The number of carbonyl (C=O) groups excluding carboxylic acids is 3. The molecular weight excluding hydrogens is 294 g/mol. The Hall–Kier alpha value is -2.37. The highest BCUT2D eigenvalue weighted by Crippen LogP contribution is 2.18. The summed E-state index contributed by atoms with van der Waals surface area (Å²) in [5.41, 5.74) is 6.46. The molecule has 0 atom stereocenters. The predicted octanol–water partition coefficient (Wildman–Crippen LogP) is 0.854. The Morgan fingerprint density at radius 1 is 1.00 bits per heavy atom. The standard InChI is InChI=1S/C17H23N3O3/c1-11(2)9-12-3-5-13(6-4-12)10-15(21)19-20-17(23)16(22)18-14-7-8-14/h3-6,11,14H,7-10H2,1-2H3,(H,18,22)(H,19,21)(H,20,23). The van der Waals surface area contributed by atoms with Gasteiger partial charge >= 0.3 is 11.8 Å². The van der Waals surface area contributed by atoms with E-state index in [2.05, 4.69) is 30.0 Å². The van der Waals surface area contributed by atoms with Gasteiger partial charge in [-0.3, -0.25) is 25.2 Å². The fourth-order valence-electron chi connectivity index (χ4n) is 2.16. The first-order valence-corrected chi connectivity index (χ1v) is 7.91. The first-order valence-electron chi connectivity index (χ1n) is 7.91. The molecule has 1 fully saturated rings. The van der Waals surface area contributed by atoms with Gasteiger partial charge in [-0.2, -0.15) is 0 Å². The Labute approximate surface area is 136 Å². The number of nitrogens with one attached hydrogen (secondary N) is 3. The smallest absolute Gasteiger partial charge is 0.327 e. The first-order chi connectivity index (χ1) is 10.9. The lowest BCUT2D eigenvalue weighted by Crippen LogP contribution is -2.49. The van der Waals surface area contributed by atoms with Gasteiger partial charge in [0.25, 0.3) is 0 Å². The van der Waals surface area contributed by atoms with Crippen molar-refractivity contribution >= 4 is 17.7 Å². The van der Waals surface area contributed by atoms with Crippen molar-refractivity contribution in [1.82, 2.24) is 16.2 Å². The summed E-state index contributed by atoms with van der Waals surface area (Å²) in [6.07, 6.45) is 2.95. The summed E-state index contributed by atoms with van der Waals surface area (Å²) in [5, 5.41) is 2.55. The Kier molecular flexibility index (Phi) is 5.73. The second kappa shape index (κ2) is 7.76. The molecule has 1 saturated carbocycles. The average Bonchev–Trinajstić information content (AvgIpc) is 3.30. The molecule has 6 nitrogen and oxygen atoms in total.